The first-order chi connectivity index (χ1) is 13.4. The van der Waals surface area contributed by atoms with Crippen LogP contribution in [0.4, 0.5) is 16.4 Å². The van der Waals surface area contributed by atoms with Crippen molar-refractivity contribution in [3.8, 4) is 11.8 Å². The van der Waals surface area contributed by atoms with Crippen molar-refractivity contribution in [2.24, 2.45) is 10.2 Å². The van der Waals surface area contributed by atoms with Gasteiger partial charge in [0.1, 0.15) is 17.5 Å². The molecule has 1 amide bonds. The molecule has 140 valence electrons. The van der Waals surface area contributed by atoms with Crippen LogP contribution in [0.1, 0.15) is 22.8 Å². The normalized spacial score (nSPS) is 10.8. The number of benzene rings is 2. The molecule has 1 heterocycles. The second kappa shape index (κ2) is 7.81. The van der Waals surface area contributed by atoms with Crippen LogP contribution in [0.3, 0.4) is 0 Å². The monoisotopic (exact) mass is 395 g/mol. The van der Waals surface area contributed by atoms with Crippen molar-refractivity contribution in [3.63, 3.8) is 0 Å². The third kappa shape index (κ3) is 3.79. The number of azo groups is 1. The number of aromatic nitrogens is 1. The van der Waals surface area contributed by atoms with Gasteiger partial charge >= 0.3 is 5.97 Å². The minimum Gasteiger partial charge on any atom is -0.506 e. The molecule has 0 spiro atoms. The van der Waals surface area contributed by atoms with Crippen LogP contribution in [-0.2, 0) is 9.53 Å². The fourth-order valence-electron chi connectivity index (χ4n) is 2.38. The average Bonchev–Trinajstić information content (AvgIpc) is 3.08. The van der Waals surface area contributed by atoms with E-state index >= 15 is 0 Å². The molecule has 28 heavy (non-hydrogen) atoms. The van der Waals surface area contributed by atoms with Gasteiger partial charge in [-0.1, -0.05) is 0 Å². The van der Waals surface area contributed by atoms with Crippen molar-refractivity contribution in [2.75, 3.05) is 12.4 Å². The SMILES string of the molecule is COC(=O)c1ccc2nsc(N=Nc3cc(C#N)c(O)cc3NC(C)=O)c2c1. The maximum Gasteiger partial charge on any atom is 0.337 e. The lowest BCUT2D eigenvalue weighted by Crippen LogP contribution is -2.05. The Labute approximate surface area is 163 Å². The number of nitrogens with one attached hydrogen (secondary N) is 1. The molecular formula is C18H13N5O4S. The van der Waals surface area contributed by atoms with Gasteiger partial charge in [-0.05, 0) is 35.8 Å². The van der Waals surface area contributed by atoms with Crippen LogP contribution >= 0.6 is 11.5 Å². The summed E-state index contributed by atoms with van der Waals surface area (Å²) in [6.07, 6.45) is 0. The van der Waals surface area contributed by atoms with E-state index < -0.39 is 5.97 Å². The summed E-state index contributed by atoms with van der Waals surface area (Å²) in [4.78, 5) is 23.1. The molecule has 0 bridgehead atoms. The predicted octanol–water partition coefficient (Wildman–Crippen LogP) is 4.03. The lowest BCUT2D eigenvalue weighted by molar-refractivity contribution is -0.114. The van der Waals surface area contributed by atoms with Gasteiger partial charge in [0.25, 0.3) is 0 Å². The van der Waals surface area contributed by atoms with E-state index in [1.807, 2.05) is 6.07 Å². The number of carbonyl (C=O) groups excluding carboxylic acids is 2. The number of rotatable bonds is 4. The molecule has 1 aromatic heterocycles. The fraction of sp³-hybridized carbons (Fsp3) is 0.111. The Morgan fingerprint density at radius 3 is 2.75 bits per heavy atom. The number of nitriles is 1. The molecule has 10 heteroatoms. The van der Waals surface area contributed by atoms with Crippen LogP contribution in [0, 0.1) is 11.3 Å². The van der Waals surface area contributed by atoms with E-state index in [-0.39, 0.29) is 28.6 Å². The summed E-state index contributed by atoms with van der Waals surface area (Å²) < 4.78 is 8.97. The number of fused-ring (bicyclic) bond motifs is 1. The van der Waals surface area contributed by atoms with Gasteiger partial charge in [0.15, 0.2) is 5.00 Å². The number of phenols is 1. The van der Waals surface area contributed by atoms with Gasteiger partial charge in [-0.2, -0.15) is 9.64 Å². The number of phenolic OH excluding ortho intramolecular Hbond substituents is 1. The van der Waals surface area contributed by atoms with E-state index in [9.17, 15) is 14.7 Å². The summed E-state index contributed by atoms with van der Waals surface area (Å²) in [5.74, 6) is -1.14. The molecule has 0 aliphatic heterocycles. The zero-order valence-electron chi connectivity index (χ0n) is 14.8. The highest BCUT2D eigenvalue weighted by atomic mass is 32.1. The highest BCUT2D eigenvalue weighted by Crippen LogP contribution is 2.36. The molecule has 0 saturated heterocycles. The Balaban J connectivity index is 2.05. The second-order valence-electron chi connectivity index (χ2n) is 5.59. The standard InChI is InChI=1S/C18H13N5O4S/c1-9(24)20-14-7-16(25)11(8-19)6-15(14)21-22-17-12-5-10(18(26)27-2)3-4-13(12)23-28-17/h3-7,25H,1-2H3,(H,20,24). The van der Waals surface area contributed by atoms with Crippen LogP contribution in [0.5, 0.6) is 5.75 Å². The number of methoxy groups -OCH3 is 1. The topological polar surface area (TPSA) is 137 Å². The van der Waals surface area contributed by atoms with Gasteiger partial charge in [-0.15, -0.1) is 10.2 Å². The maximum atomic E-state index is 11.7. The number of ether oxygens (including phenoxy) is 1. The van der Waals surface area contributed by atoms with Crippen LogP contribution in [0.25, 0.3) is 10.9 Å². The Bertz CT molecular complexity index is 1160. The van der Waals surface area contributed by atoms with Crippen LogP contribution in [-0.4, -0.2) is 28.5 Å². The van der Waals surface area contributed by atoms with Gasteiger partial charge in [-0.3, -0.25) is 4.79 Å². The summed E-state index contributed by atoms with van der Waals surface area (Å²) in [5.41, 5.74) is 1.37. The minimum absolute atomic E-state index is 0.00908. The molecule has 2 N–H and O–H groups in total. The van der Waals surface area contributed by atoms with Crippen LogP contribution < -0.4 is 5.32 Å². The largest absolute Gasteiger partial charge is 0.506 e. The Hall–Kier alpha value is -3.84. The number of aromatic hydroxyl groups is 1. The predicted molar refractivity (Wildman–Crippen MR) is 102 cm³/mol. The summed E-state index contributed by atoms with van der Waals surface area (Å²) in [5, 5.41) is 30.7. The van der Waals surface area contributed by atoms with Gasteiger partial charge < -0.3 is 15.2 Å². The highest BCUT2D eigenvalue weighted by Gasteiger charge is 2.13. The maximum absolute atomic E-state index is 11.7. The number of hydrogen-bond donors (Lipinski definition) is 2. The Morgan fingerprint density at radius 1 is 1.29 bits per heavy atom. The summed E-state index contributed by atoms with van der Waals surface area (Å²) in [6.45, 7) is 1.31. The zero-order valence-corrected chi connectivity index (χ0v) is 15.6. The number of hydrogen-bond acceptors (Lipinski definition) is 9. The van der Waals surface area contributed by atoms with E-state index in [1.54, 1.807) is 18.2 Å². The zero-order chi connectivity index (χ0) is 20.3. The molecule has 0 fully saturated rings. The van der Waals surface area contributed by atoms with Gasteiger partial charge in [0.2, 0.25) is 5.91 Å². The number of nitrogens with zero attached hydrogens (tertiary/aromatic N) is 4. The van der Waals surface area contributed by atoms with Crippen molar-refractivity contribution in [1.82, 2.24) is 4.37 Å². The van der Waals surface area contributed by atoms with E-state index in [0.29, 0.717) is 21.5 Å². The van der Waals surface area contributed by atoms with Gasteiger partial charge in [0, 0.05) is 18.4 Å². The van der Waals surface area contributed by atoms with Gasteiger partial charge in [0.05, 0.1) is 29.4 Å². The Kier molecular flexibility index (Phi) is 5.28. The second-order valence-corrected chi connectivity index (χ2v) is 6.34. The summed E-state index contributed by atoms with van der Waals surface area (Å²) >= 11 is 1.08. The van der Waals surface area contributed by atoms with Crippen molar-refractivity contribution < 1.29 is 19.4 Å². The molecule has 2 aromatic carbocycles. The highest BCUT2D eigenvalue weighted by molar-refractivity contribution is 7.11. The van der Waals surface area contributed by atoms with E-state index in [2.05, 4.69) is 19.9 Å². The summed E-state index contributed by atoms with van der Waals surface area (Å²) in [7, 11) is 1.29. The Morgan fingerprint density at radius 2 is 2.07 bits per heavy atom. The first-order valence-corrected chi connectivity index (χ1v) is 8.64. The van der Waals surface area contributed by atoms with Gasteiger partial charge in [-0.25, -0.2) is 4.79 Å². The molecule has 0 radical (unpaired) electrons. The van der Waals surface area contributed by atoms with Crippen molar-refractivity contribution in [3.05, 3.63) is 41.5 Å². The molecule has 3 rings (SSSR count). The third-order valence-corrected chi connectivity index (χ3v) is 4.43. The van der Waals surface area contributed by atoms with Crippen LogP contribution in [0.15, 0.2) is 40.6 Å². The first-order valence-electron chi connectivity index (χ1n) is 7.87. The van der Waals surface area contributed by atoms with Crippen LogP contribution in [0.2, 0.25) is 0 Å². The number of amides is 1. The van der Waals surface area contributed by atoms with E-state index in [4.69, 9.17) is 10.00 Å². The first kappa shape index (κ1) is 18.9. The summed E-state index contributed by atoms with van der Waals surface area (Å²) in [6, 6.07) is 9.26. The fourth-order valence-corrected chi connectivity index (χ4v) is 3.07. The smallest absolute Gasteiger partial charge is 0.337 e. The van der Waals surface area contributed by atoms with E-state index in [0.717, 1.165) is 11.5 Å². The van der Waals surface area contributed by atoms with Crippen molar-refractivity contribution in [2.45, 2.75) is 6.92 Å². The molecule has 9 nitrogen and oxygen atoms in total. The molecule has 0 atom stereocenters. The third-order valence-electron chi connectivity index (χ3n) is 3.67. The molecule has 0 saturated carbocycles. The minimum atomic E-state index is -0.485. The lowest BCUT2D eigenvalue weighted by atomic mass is 10.1. The number of carbonyl (C=O) groups is 2. The average molecular weight is 395 g/mol. The van der Waals surface area contributed by atoms with Crippen molar-refractivity contribution >= 4 is 50.7 Å². The molecule has 0 aliphatic carbocycles. The number of anilines is 1. The molecule has 0 aliphatic rings. The molecular weight excluding hydrogens is 382 g/mol. The van der Waals surface area contributed by atoms with E-state index in [1.165, 1.54) is 26.2 Å². The molecule has 0 unspecified atom stereocenters. The molecule has 3 aromatic rings. The lowest BCUT2D eigenvalue weighted by Gasteiger charge is -2.07. The quantitative estimate of drug-likeness (QED) is 0.505. The number of esters is 1. The van der Waals surface area contributed by atoms with Crippen molar-refractivity contribution in [1.29, 1.82) is 5.26 Å².